The molecule has 1 aromatic heterocycles. The number of benzene rings is 2. The van der Waals surface area contributed by atoms with E-state index in [9.17, 15) is 14.9 Å². The Labute approximate surface area is 222 Å². The number of anilines is 1. The molecule has 1 saturated heterocycles. The fourth-order valence-electron chi connectivity index (χ4n) is 4.21. The molecule has 0 radical (unpaired) electrons. The van der Waals surface area contributed by atoms with Crippen molar-refractivity contribution in [1.29, 1.82) is 5.26 Å². The molecule has 1 aliphatic rings. The number of nitrogens with one attached hydrogen (secondary N) is 1. The van der Waals surface area contributed by atoms with Gasteiger partial charge in [0.2, 0.25) is 5.91 Å². The third-order valence-electron chi connectivity index (χ3n) is 6.37. The first-order valence-electron chi connectivity index (χ1n) is 12.7. The summed E-state index contributed by atoms with van der Waals surface area (Å²) in [5.74, 6) is -0.0886. The van der Waals surface area contributed by atoms with E-state index in [-0.39, 0.29) is 18.0 Å². The second-order valence-electron chi connectivity index (χ2n) is 8.98. The summed E-state index contributed by atoms with van der Waals surface area (Å²) in [6, 6.07) is 21.6. The summed E-state index contributed by atoms with van der Waals surface area (Å²) in [6.07, 6.45) is 6.25. The van der Waals surface area contributed by atoms with E-state index in [2.05, 4.69) is 49.5 Å². The van der Waals surface area contributed by atoms with Crippen LogP contribution in [0.15, 0.2) is 81.9 Å². The number of nitriles is 1. The highest BCUT2D eigenvalue weighted by Gasteiger charge is 2.40. The zero-order chi connectivity index (χ0) is 26.2. The summed E-state index contributed by atoms with van der Waals surface area (Å²) in [4.78, 5) is 28.3. The summed E-state index contributed by atoms with van der Waals surface area (Å²) >= 11 is 1.28. The molecule has 37 heavy (non-hydrogen) atoms. The average Bonchev–Trinajstić information content (AvgIpc) is 3.56. The van der Waals surface area contributed by atoms with Crippen LogP contribution in [0.1, 0.15) is 49.1 Å². The van der Waals surface area contributed by atoms with E-state index in [1.165, 1.54) is 28.5 Å². The molecule has 0 saturated carbocycles. The van der Waals surface area contributed by atoms with Gasteiger partial charge >= 0.3 is 0 Å². The van der Waals surface area contributed by atoms with E-state index < -0.39 is 11.2 Å². The predicted molar refractivity (Wildman–Crippen MR) is 147 cm³/mol. The van der Waals surface area contributed by atoms with E-state index in [4.69, 9.17) is 4.42 Å². The van der Waals surface area contributed by atoms with E-state index >= 15 is 0 Å². The van der Waals surface area contributed by atoms with Crippen molar-refractivity contribution in [3.8, 4) is 6.07 Å². The number of thioether (sulfide) groups is 1. The van der Waals surface area contributed by atoms with Crippen LogP contribution in [0.4, 0.5) is 5.69 Å². The first-order chi connectivity index (χ1) is 18.0. The number of carbonyl (C=O) groups is 2. The summed E-state index contributed by atoms with van der Waals surface area (Å²) in [5.41, 5.74) is 4.05. The molecule has 0 spiro atoms. The van der Waals surface area contributed by atoms with Crippen molar-refractivity contribution in [3.05, 3.63) is 100.0 Å². The third-order valence-corrected chi connectivity index (χ3v) is 7.64. The highest BCUT2D eigenvalue weighted by atomic mass is 32.2. The minimum Gasteiger partial charge on any atom is -0.467 e. The number of hydrogen-bond donors (Lipinski definition) is 1. The lowest BCUT2D eigenvalue weighted by atomic mass is 10.0. The van der Waals surface area contributed by atoms with Crippen LogP contribution in [0.3, 0.4) is 0 Å². The second-order valence-corrected chi connectivity index (χ2v) is 10.2. The number of rotatable bonds is 10. The smallest absolute Gasteiger partial charge is 0.265 e. The van der Waals surface area contributed by atoms with Crippen molar-refractivity contribution in [2.24, 2.45) is 0 Å². The van der Waals surface area contributed by atoms with Gasteiger partial charge in [0, 0.05) is 5.69 Å². The summed E-state index contributed by atoms with van der Waals surface area (Å²) in [6.45, 7) is 4.40. The third kappa shape index (κ3) is 6.33. The Bertz CT molecular complexity index is 1290. The Morgan fingerprint density at radius 1 is 1.05 bits per heavy atom. The number of nitrogens with zero attached hydrogens (tertiary/aromatic N) is 2. The van der Waals surface area contributed by atoms with Crippen molar-refractivity contribution in [3.63, 3.8) is 0 Å². The Morgan fingerprint density at radius 3 is 2.38 bits per heavy atom. The quantitative estimate of drug-likeness (QED) is 0.268. The lowest BCUT2D eigenvalue weighted by Gasteiger charge is -2.19. The Kier molecular flexibility index (Phi) is 8.86. The van der Waals surface area contributed by atoms with Crippen molar-refractivity contribution >= 4 is 29.3 Å². The zero-order valence-electron chi connectivity index (χ0n) is 21.2. The molecule has 1 aliphatic heterocycles. The van der Waals surface area contributed by atoms with Gasteiger partial charge in [-0.2, -0.15) is 5.26 Å². The Morgan fingerprint density at radius 2 is 1.76 bits per heavy atom. The minimum atomic E-state index is -0.537. The number of hydrogen-bond acceptors (Lipinski definition) is 5. The molecule has 1 fully saturated rings. The summed E-state index contributed by atoms with van der Waals surface area (Å²) < 4.78 is 5.28. The molecule has 6 nitrogen and oxygen atoms in total. The molecule has 2 amide bonds. The summed E-state index contributed by atoms with van der Waals surface area (Å²) in [5, 5.41) is 12.6. The van der Waals surface area contributed by atoms with Crippen LogP contribution in [-0.2, 0) is 35.4 Å². The lowest BCUT2D eigenvalue weighted by Crippen LogP contribution is -2.32. The molecule has 7 heteroatoms. The van der Waals surface area contributed by atoms with Crippen LogP contribution in [-0.4, -0.2) is 17.1 Å². The Hall–Kier alpha value is -3.76. The van der Waals surface area contributed by atoms with E-state index in [0.717, 1.165) is 36.8 Å². The van der Waals surface area contributed by atoms with Gasteiger partial charge in [-0.05, 0) is 66.6 Å². The maximum Gasteiger partial charge on any atom is 0.265 e. The number of unbranched alkanes of at least 4 members (excludes halogenated alkanes) is 1. The summed E-state index contributed by atoms with van der Waals surface area (Å²) in [7, 11) is 0. The Balaban J connectivity index is 1.62. The monoisotopic (exact) mass is 513 g/mol. The zero-order valence-corrected chi connectivity index (χ0v) is 22.0. The fourth-order valence-corrected chi connectivity index (χ4v) is 5.52. The van der Waals surface area contributed by atoms with Crippen LogP contribution < -0.4 is 10.2 Å². The van der Waals surface area contributed by atoms with Gasteiger partial charge in [-0.25, -0.2) is 0 Å². The predicted octanol–water partition coefficient (Wildman–Crippen LogP) is 5.93. The van der Waals surface area contributed by atoms with E-state index in [1.54, 1.807) is 12.1 Å². The molecular formula is C30H31N3O3S. The number of carbonyl (C=O) groups excluding carboxylic acids is 2. The van der Waals surface area contributed by atoms with Crippen molar-refractivity contribution in [2.45, 2.75) is 57.7 Å². The molecule has 190 valence electrons. The average molecular weight is 514 g/mol. The SMILES string of the molecule is CCCCc1ccc(CC2S/C(=C(/C#N)C(=O)NCc3ccco3)N(c3ccc(CC)cc3)C2=O)cc1. The van der Waals surface area contributed by atoms with Crippen LogP contribution in [0.5, 0.6) is 0 Å². The highest BCUT2D eigenvalue weighted by Crippen LogP contribution is 2.42. The number of furan rings is 1. The topological polar surface area (TPSA) is 86.3 Å². The van der Waals surface area contributed by atoms with Gasteiger partial charge in [0.1, 0.15) is 22.4 Å². The first-order valence-corrected chi connectivity index (χ1v) is 13.5. The molecule has 3 aromatic rings. The van der Waals surface area contributed by atoms with Crippen molar-refractivity contribution < 1.29 is 14.0 Å². The largest absolute Gasteiger partial charge is 0.467 e. The first kappa shape index (κ1) is 26.3. The van der Waals surface area contributed by atoms with Gasteiger partial charge in [-0.3, -0.25) is 14.5 Å². The van der Waals surface area contributed by atoms with Gasteiger partial charge in [0.05, 0.1) is 18.1 Å². The number of aryl methyl sites for hydroxylation is 2. The molecule has 1 unspecified atom stereocenters. The van der Waals surface area contributed by atoms with E-state index in [0.29, 0.717) is 22.9 Å². The van der Waals surface area contributed by atoms with Gasteiger partial charge < -0.3 is 9.73 Å². The van der Waals surface area contributed by atoms with Crippen LogP contribution in [0, 0.1) is 11.3 Å². The van der Waals surface area contributed by atoms with Gasteiger partial charge in [0.15, 0.2) is 0 Å². The fraction of sp³-hybridized carbons (Fsp3) is 0.300. The maximum absolute atomic E-state index is 13.7. The van der Waals surface area contributed by atoms with Gasteiger partial charge in [0.25, 0.3) is 5.91 Å². The number of amides is 2. The molecule has 0 bridgehead atoms. The highest BCUT2D eigenvalue weighted by molar-refractivity contribution is 8.05. The lowest BCUT2D eigenvalue weighted by molar-refractivity contribution is -0.117. The normalized spacial score (nSPS) is 16.5. The van der Waals surface area contributed by atoms with Crippen molar-refractivity contribution in [1.82, 2.24) is 5.32 Å². The van der Waals surface area contributed by atoms with Gasteiger partial charge in [-0.1, -0.05) is 68.4 Å². The van der Waals surface area contributed by atoms with E-state index in [1.807, 2.05) is 24.3 Å². The van der Waals surface area contributed by atoms with Crippen molar-refractivity contribution in [2.75, 3.05) is 4.90 Å². The standard InChI is InChI=1S/C30H31N3O3S/c1-3-5-7-22-9-11-23(12-10-22)18-27-29(35)33(24-15-13-21(4-2)14-16-24)30(37-27)26(19-31)28(34)32-20-25-8-6-17-36-25/h6,8-17,27H,3-5,7,18,20H2,1-2H3,(H,32,34)/b30-26-. The molecular weight excluding hydrogens is 482 g/mol. The molecule has 1 N–H and O–H groups in total. The molecule has 0 aliphatic carbocycles. The second kappa shape index (κ2) is 12.5. The maximum atomic E-state index is 13.7. The molecule has 1 atom stereocenters. The molecule has 4 rings (SSSR count). The van der Waals surface area contributed by atoms with Crippen LogP contribution in [0.25, 0.3) is 0 Å². The van der Waals surface area contributed by atoms with Gasteiger partial charge in [-0.15, -0.1) is 0 Å². The van der Waals surface area contributed by atoms with Crippen LogP contribution in [0.2, 0.25) is 0 Å². The minimum absolute atomic E-state index is 0.0816. The molecule has 2 heterocycles. The molecule has 2 aromatic carbocycles. The van der Waals surface area contributed by atoms with Crippen LogP contribution >= 0.6 is 11.8 Å².